The molecule has 0 spiro atoms. The highest BCUT2D eigenvalue weighted by molar-refractivity contribution is 8.01. The van der Waals surface area contributed by atoms with Crippen LogP contribution in [-0.4, -0.2) is 20.9 Å². The summed E-state index contributed by atoms with van der Waals surface area (Å²) in [6, 6.07) is 4.16. The van der Waals surface area contributed by atoms with Crippen LogP contribution in [0.15, 0.2) is 32.3 Å². The first-order chi connectivity index (χ1) is 12.5. The molecule has 0 bridgehead atoms. The molecule has 0 unspecified atom stereocenters. The number of aromatic nitrogens is 3. The number of thiophene rings is 2. The van der Waals surface area contributed by atoms with Gasteiger partial charge in [0, 0.05) is 20.7 Å². The van der Waals surface area contributed by atoms with Crippen molar-refractivity contribution < 1.29 is 4.79 Å². The molecule has 0 atom stereocenters. The van der Waals surface area contributed by atoms with E-state index < -0.39 is 0 Å². The number of nitrogens with zero attached hydrogens (tertiary/aromatic N) is 3. The van der Waals surface area contributed by atoms with Gasteiger partial charge in [-0.2, -0.15) is 0 Å². The molecule has 0 radical (unpaired) electrons. The van der Waals surface area contributed by atoms with E-state index in [0.29, 0.717) is 0 Å². The zero-order valence-electron chi connectivity index (χ0n) is 14.0. The summed E-state index contributed by atoms with van der Waals surface area (Å²) in [5.41, 5.74) is 7.33. The summed E-state index contributed by atoms with van der Waals surface area (Å²) >= 11 is 6.36. The molecule has 0 saturated heterocycles. The Morgan fingerprint density at radius 1 is 1.23 bits per heavy atom. The van der Waals surface area contributed by atoms with Crippen molar-refractivity contribution in [2.24, 2.45) is 5.73 Å². The Labute approximate surface area is 166 Å². The first-order valence-electron chi connectivity index (χ1n) is 7.73. The maximum absolute atomic E-state index is 11.2. The summed E-state index contributed by atoms with van der Waals surface area (Å²) in [4.78, 5) is 28.2. The second kappa shape index (κ2) is 7.07. The van der Waals surface area contributed by atoms with Crippen LogP contribution >= 0.6 is 45.8 Å². The van der Waals surface area contributed by atoms with Gasteiger partial charge in [0.1, 0.15) is 15.7 Å². The van der Waals surface area contributed by atoms with Gasteiger partial charge in [0.25, 0.3) is 0 Å². The number of hydrogen-bond acceptors (Lipinski definition) is 8. The van der Waals surface area contributed by atoms with Crippen molar-refractivity contribution in [3.8, 4) is 10.4 Å². The average Bonchev–Trinajstić information content (AvgIpc) is 3.27. The van der Waals surface area contributed by atoms with Crippen molar-refractivity contribution in [1.82, 2.24) is 15.0 Å². The van der Waals surface area contributed by atoms with Crippen LogP contribution in [-0.2, 0) is 11.2 Å². The highest BCUT2D eigenvalue weighted by atomic mass is 32.2. The van der Waals surface area contributed by atoms with Crippen LogP contribution in [0.25, 0.3) is 20.7 Å². The SMILES string of the molecule is Cc1nc(Sc2nc(C)c(CC(N)=O)s2)c2c(-c3cccs3)csc2n1. The number of aryl methyl sites for hydroxylation is 2. The van der Waals surface area contributed by atoms with Gasteiger partial charge < -0.3 is 5.73 Å². The lowest BCUT2D eigenvalue weighted by Gasteiger charge is -2.04. The highest BCUT2D eigenvalue weighted by Gasteiger charge is 2.18. The topological polar surface area (TPSA) is 81.8 Å². The number of carbonyl (C=O) groups is 1. The van der Waals surface area contributed by atoms with E-state index in [1.54, 1.807) is 22.7 Å². The maximum Gasteiger partial charge on any atom is 0.222 e. The van der Waals surface area contributed by atoms with E-state index in [9.17, 15) is 4.79 Å². The molecule has 4 heterocycles. The predicted octanol–water partition coefficient (Wildman–Crippen LogP) is 4.67. The van der Waals surface area contributed by atoms with E-state index in [0.717, 1.165) is 41.5 Å². The Hall–Kier alpha value is -1.81. The van der Waals surface area contributed by atoms with Gasteiger partial charge in [-0.25, -0.2) is 15.0 Å². The number of carbonyl (C=O) groups excluding carboxylic acids is 1. The molecule has 0 aliphatic rings. The fourth-order valence-electron chi connectivity index (χ4n) is 2.55. The van der Waals surface area contributed by atoms with Gasteiger partial charge in [-0.3, -0.25) is 4.79 Å². The van der Waals surface area contributed by atoms with E-state index in [2.05, 4.69) is 31.8 Å². The summed E-state index contributed by atoms with van der Waals surface area (Å²) in [6.45, 7) is 3.81. The number of nitrogens with two attached hydrogens (primary N) is 1. The third-order valence-corrected chi connectivity index (χ3v) is 7.67. The third-order valence-electron chi connectivity index (χ3n) is 3.69. The van der Waals surface area contributed by atoms with E-state index in [1.165, 1.54) is 28.0 Å². The minimum Gasteiger partial charge on any atom is -0.369 e. The number of fused-ring (bicyclic) bond motifs is 1. The van der Waals surface area contributed by atoms with Crippen molar-refractivity contribution in [3.63, 3.8) is 0 Å². The minimum atomic E-state index is -0.341. The first kappa shape index (κ1) is 17.6. The molecule has 5 nitrogen and oxygen atoms in total. The van der Waals surface area contributed by atoms with Gasteiger partial charge in [0.05, 0.1) is 17.5 Å². The molecule has 132 valence electrons. The smallest absolute Gasteiger partial charge is 0.222 e. The number of thiazole rings is 1. The van der Waals surface area contributed by atoms with Crippen molar-refractivity contribution in [3.05, 3.63) is 39.3 Å². The molecule has 9 heteroatoms. The zero-order chi connectivity index (χ0) is 18.3. The van der Waals surface area contributed by atoms with E-state index >= 15 is 0 Å². The van der Waals surface area contributed by atoms with Crippen LogP contribution in [0.1, 0.15) is 16.4 Å². The maximum atomic E-state index is 11.2. The molecule has 26 heavy (non-hydrogen) atoms. The second-order valence-corrected chi connectivity index (χ2v) is 9.74. The second-order valence-electron chi connectivity index (χ2n) is 5.62. The Balaban J connectivity index is 1.79. The van der Waals surface area contributed by atoms with Crippen LogP contribution < -0.4 is 5.73 Å². The first-order valence-corrected chi connectivity index (χ1v) is 11.1. The molecular formula is C17H14N4OS4. The monoisotopic (exact) mass is 418 g/mol. The number of primary amides is 1. The van der Waals surface area contributed by atoms with Crippen LogP contribution in [0.5, 0.6) is 0 Å². The Kier molecular flexibility index (Phi) is 4.78. The van der Waals surface area contributed by atoms with Crippen molar-refractivity contribution in [2.75, 3.05) is 0 Å². The fraction of sp³-hybridized carbons (Fsp3) is 0.176. The molecule has 4 rings (SSSR count). The van der Waals surface area contributed by atoms with Crippen LogP contribution in [0.3, 0.4) is 0 Å². The molecule has 4 aromatic heterocycles. The molecule has 2 N–H and O–H groups in total. The molecule has 4 aromatic rings. The van der Waals surface area contributed by atoms with Crippen LogP contribution in [0, 0.1) is 13.8 Å². The predicted molar refractivity (Wildman–Crippen MR) is 109 cm³/mol. The van der Waals surface area contributed by atoms with Gasteiger partial charge in [-0.1, -0.05) is 6.07 Å². The zero-order valence-corrected chi connectivity index (χ0v) is 17.2. The van der Waals surface area contributed by atoms with Crippen LogP contribution in [0.4, 0.5) is 0 Å². The number of rotatable bonds is 5. The summed E-state index contributed by atoms with van der Waals surface area (Å²) in [7, 11) is 0. The van der Waals surface area contributed by atoms with E-state index in [1.807, 2.05) is 19.9 Å². The van der Waals surface area contributed by atoms with Crippen molar-refractivity contribution in [1.29, 1.82) is 0 Å². The lowest BCUT2D eigenvalue weighted by atomic mass is 10.2. The molecule has 0 aliphatic carbocycles. The van der Waals surface area contributed by atoms with Crippen molar-refractivity contribution >= 4 is 61.9 Å². The Bertz CT molecular complexity index is 1100. The number of amides is 1. The Morgan fingerprint density at radius 2 is 2.08 bits per heavy atom. The standard InChI is InChI=1S/C17H14N4OS4/c1-8-12(6-13(18)22)25-17(19-8)26-16-14-10(11-4-3-5-23-11)7-24-15(14)20-9(2)21-16/h3-5,7H,6H2,1-2H3,(H2,18,22). The minimum absolute atomic E-state index is 0.223. The average molecular weight is 419 g/mol. The third kappa shape index (κ3) is 3.39. The van der Waals surface area contributed by atoms with Gasteiger partial charge >= 0.3 is 0 Å². The molecular weight excluding hydrogens is 404 g/mol. The normalized spacial score (nSPS) is 11.3. The molecule has 0 aromatic carbocycles. The lowest BCUT2D eigenvalue weighted by molar-refractivity contribution is -0.117. The van der Waals surface area contributed by atoms with Gasteiger partial charge in [-0.15, -0.1) is 34.0 Å². The Morgan fingerprint density at radius 3 is 2.81 bits per heavy atom. The largest absolute Gasteiger partial charge is 0.369 e. The van der Waals surface area contributed by atoms with E-state index in [-0.39, 0.29) is 12.3 Å². The molecule has 1 amide bonds. The quantitative estimate of drug-likeness (QED) is 0.476. The summed E-state index contributed by atoms with van der Waals surface area (Å²) in [6.07, 6.45) is 0.223. The molecule has 0 saturated carbocycles. The van der Waals surface area contributed by atoms with Crippen molar-refractivity contribution in [2.45, 2.75) is 29.6 Å². The van der Waals surface area contributed by atoms with Crippen LogP contribution in [0.2, 0.25) is 0 Å². The van der Waals surface area contributed by atoms with Gasteiger partial charge in [0.15, 0.2) is 4.34 Å². The van der Waals surface area contributed by atoms with Gasteiger partial charge in [-0.05, 0) is 37.1 Å². The summed E-state index contributed by atoms with van der Waals surface area (Å²) in [5, 5.41) is 6.18. The lowest BCUT2D eigenvalue weighted by Crippen LogP contribution is -2.13. The summed E-state index contributed by atoms with van der Waals surface area (Å²) in [5.74, 6) is 0.400. The number of hydrogen-bond donors (Lipinski definition) is 1. The molecule has 0 fully saturated rings. The molecule has 0 aliphatic heterocycles. The van der Waals surface area contributed by atoms with E-state index in [4.69, 9.17) is 5.73 Å². The summed E-state index contributed by atoms with van der Waals surface area (Å²) < 4.78 is 0.862. The highest BCUT2D eigenvalue weighted by Crippen LogP contribution is 2.42. The fourth-order valence-corrected chi connectivity index (χ4v) is 6.76. The van der Waals surface area contributed by atoms with Gasteiger partial charge in [0.2, 0.25) is 5.91 Å².